The summed E-state index contributed by atoms with van der Waals surface area (Å²) < 4.78 is 49.2. The van der Waals surface area contributed by atoms with Gasteiger partial charge in [0.25, 0.3) is 0 Å². The highest BCUT2D eigenvalue weighted by molar-refractivity contribution is 8.00. The lowest BCUT2D eigenvalue weighted by Gasteiger charge is -2.29. The number of carbonyl (C=O) groups is 3. The van der Waals surface area contributed by atoms with Crippen LogP contribution in [0.25, 0.3) is 55.0 Å². The number of ether oxygens (including phenoxy) is 3. The van der Waals surface area contributed by atoms with Crippen molar-refractivity contribution in [3.05, 3.63) is 197 Å². The van der Waals surface area contributed by atoms with Crippen LogP contribution in [-0.4, -0.2) is 146 Å². The molecular formula is C89H105Cl3F2N18O7S4. The highest BCUT2D eigenvalue weighted by Crippen LogP contribution is 2.38. The third-order valence-corrected chi connectivity index (χ3v) is 24.4. The van der Waals surface area contributed by atoms with Crippen LogP contribution in [0.5, 0.6) is 0 Å². The average molecular weight is 1810 g/mol. The van der Waals surface area contributed by atoms with Crippen LogP contribution in [0, 0.1) is 16.3 Å². The van der Waals surface area contributed by atoms with Gasteiger partial charge in [-0.3, -0.25) is 0 Å². The molecule has 123 heavy (non-hydrogen) atoms. The van der Waals surface area contributed by atoms with Gasteiger partial charge in [0.05, 0.1) is 66.0 Å². The monoisotopic (exact) mass is 1810 g/mol. The Balaban J connectivity index is 0.000000157. The molecule has 0 spiro atoms. The van der Waals surface area contributed by atoms with Crippen molar-refractivity contribution in [3.63, 3.8) is 0 Å². The predicted molar refractivity (Wildman–Crippen MR) is 493 cm³/mol. The van der Waals surface area contributed by atoms with E-state index in [1.807, 2.05) is 141 Å². The first-order valence-corrected chi connectivity index (χ1v) is 44.7. The molecule has 4 fully saturated rings. The minimum absolute atomic E-state index is 0. The van der Waals surface area contributed by atoms with Crippen LogP contribution in [0.4, 0.5) is 46.2 Å². The van der Waals surface area contributed by atoms with Gasteiger partial charge in [-0.25, -0.2) is 67.4 Å². The van der Waals surface area contributed by atoms with E-state index >= 15 is 0 Å². The summed E-state index contributed by atoms with van der Waals surface area (Å²) in [6.45, 7) is 16.8. The van der Waals surface area contributed by atoms with Crippen molar-refractivity contribution in [2.24, 2.45) is 5.73 Å². The summed E-state index contributed by atoms with van der Waals surface area (Å²) in [5.41, 5.74) is 10.0. The molecule has 4 saturated carbocycles. The lowest BCUT2D eigenvalue weighted by Crippen LogP contribution is -2.41. The van der Waals surface area contributed by atoms with E-state index in [2.05, 4.69) is 66.7 Å². The lowest BCUT2D eigenvalue weighted by molar-refractivity contribution is 0.0456. The van der Waals surface area contributed by atoms with E-state index in [0.717, 1.165) is 161 Å². The second-order valence-corrected chi connectivity index (χ2v) is 38.5. The largest absolute Gasteiger partial charge is 0.444 e. The number of carbonyl (C=O) groups excluding carboxylic acids is 3. The van der Waals surface area contributed by atoms with E-state index in [1.54, 1.807) is 125 Å². The van der Waals surface area contributed by atoms with Crippen LogP contribution in [0.2, 0.25) is 10.3 Å². The zero-order valence-corrected chi connectivity index (χ0v) is 75.6. The second kappa shape index (κ2) is 43.8. The van der Waals surface area contributed by atoms with Crippen LogP contribution in [0.15, 0.2) is 186 Å². The quantitative estimate of drug-likeness (QED) is 0.0268. The van der Waals surface area contributed by atoms with Crippen molar-refractivity contribution in [1.29, 1.82) is 0 Å². The summed E-state index contributed by atoms with van der Waals surface area (Å²) in [5.74, 6) is 0.305. The lowest BCUT2D eigenvalue weighted by atomic mass is 9.93. The number of aromatic amines is 1. The van der Waals surface area contributed by atoms with Crippen LogP contribution >= 0.6 is 83.1 Å². The van der Waals surface area contributed by atoms with Gasteiger partial charge in [-0.1, -0.05) is 35.4 Å². The maximum atomic E-state index is 14.8. The third-order valence-electron chi connectivity index (χ3n) is 19.9. The number of anilines is 4. The molecule has 9 N–H and O–H groups in total. The molecule has 0 aliphatic heterocycles. The number of fused-ring (bicyclic) bond motifs is 4. The number of aromatic nitrogens is 12. The first-order valence-electron chi connectivity index (χ1n) is 40.9. The number of aliphatic hydroxyl groups is 1. The molecule has 652 valence electrons. The van der Waals surface area contributed by atoms with E-state index in [0.29, 0.717) is 71.1 Å². The van der Waals surface area contributed by atoms with Crippen molar-refractivity contribution in [2.45, 2.75) is 243 Å². The molecule has 0 atom stereocenters. The molecule has 34 heteroatoms. The molecule has 0 unspecified atom stereocenters. The summed E-state index contributed by atoms with van der Waals surface area (Å²) in [4.78, 5) is 69.6. The molecule has 10 heterocycles. The summed E-state index contributed by atoms with van der Waals surface area (Å²) in [5, 5.41) is 41.7. The summed E-state index contributed by atoms with van der Waals surface area (Å²) >= 11 is 22.0. The number of H-pyrrole nitrogens is 1. The smallest absolute Gasteiger partial charge is 0.407 e. The van der Waals surface area contributed by atoms with Crippen molar-refractivity contribution >= 4 is 168 Å². The van der Waals surface area contributed by atoms with E-state index < -0.39 is 22.6 Å². The number of benzene rings is 2. The number of nitrogens with one attached hydrogen (secondary N) is 6. The minimum Gasteiger partial charge on any atom is -0.444 e. The molecule has 12 aromatic rings. The number of pyridine rings is 8. The fourth-order valence-electron chi connectivity index (χ4n) is 13.9. The van der Waals surface area contributed by atoms with E-state index in [9.17, 15) is 28.3 Å². The Hall–Kier alpha value is -9.57. The van der Waals surface area contributed by atoms with Gasteiger partial charge in [0.15, 0.2) is 0 Å². The van der Waals surface area contributed by atoms with Crippen molar-refractivity contribution in [1.82, 2.24) is 75.4 Å². The van der Waals surface area contributed by atoms with Gasteiger partial charge >= 0.3 is 18.3 Å². The summed E-state index contributed by atoms with van der Waals surface area (Å²) in [6.07, 6.45) is 28.0. The zero-order chi connectivity index (χ0) is 86.7. The Kier molecular flexibility index (Phi) is 33.6. The topological polar surface area (TPSA) is 327 Å². The predicted octanol–water partition coefficient (Wildman–Crippen LogP) is 22.1. The Bertz CT molecular complexity index is 5570. The van der Waals surface area contributed by atoms with Crippen LogP contribution in [0.3, 0.4) is 0 Å². The van der Waals surface area contributed by atoms with Gasteiger partial charge < -0.3 is 56.6 Å². The maximum Gasteiger partial charge on any atom is 0.407 e. The number of alkyl carbamates (subject to hydrolysis) is 3. The molecule has 25 nitrogen and oxygen atoms in total. The Morgan fingerprint density at radius 1 is 0.480 bits per heavy atom. The number of nitrogens with zero attached hydrogens (tertiary/aromatic N) is 11. The molecule has 10 aromatic heterocycles. The number of hydrogen-bond acceptors (Lipinski definition) is 23. The number of aliphatic hydroxyl groups excluding tert-OH is 1. The highest BCUT2D eigenvalue weighted by atomic mass is 35.5. The minimum atomic E-state index is -0.497. The maximum absolute atomic E-state index is 14.8. The third kappa shape index (κ3) is 30.1. The van der Waals surface area contributed by atoms with E-state index in [4.69, 9.17) is 65.3 Å². The molecule has 16 rings (SSSR count). The van der Waals surface area contributed by atoms with Gasteiger partial charge in [0.1, 0.15) is 55.0 Å². The molecule has 2 aromatic carbocycles. The van der Waals surface area contributed by atoms with Gasteiger partial charge in [0, 0.05) is 141 Å². The average Bonchev–Trinajstić information content (AvgIpc) is 1.32. The Labute approximate surface area is 748 Å². The van der Waals surface area contributed by atoms with Gasteiger partial charge in [0.2, 0.25) is 0 Å². The van der Waals surface area contributed by atoms with Crippen LogP contribution in [0.1, 0.15) is 165 Å². The molecule has 0 radical (unpaired) electrons. The summed E-state index contributed by atoms with van der Waals surface area (Å²) in [7, 11) is 0. The second-order valence-electron chi connectivity index (χ2n) is 33.4. The standard InChI is InChI=1S/C28H31FN6O2S.C23H23FN6S.C19H24ClN3O2S.C11H21NO3.C8H5ClN2S.ClH/c1-28(2,3)37-27(36)32-19-6-9-21(10-7-19)38-26-12-5-18-17-30-25(16-24(18)34-26)33-23-11-8-20(15-22(23)29)35-14-4-13-31-35;24-19-12-17(30-11-1-10-27-30)5-8-20(19)28-22-13-21-15(14-26-22)2-9-23(29-21)31-18-6-3-16(25)4-7-18;1-19(2,3)25-18(24)22-13-5-7-14(8-6-13)26-17-9-4-12-11-21-16(20)10-15(12)23-17;1-11(2,3)15-10(14)12-8-4-6-9(13)7-5-8;9-7-3-6-5(4-10-7)1-2-8(12)11-6;/h4-5,8,11-17,19,21H,6-7,9-10H2,1-3H3,(H,30,33)(H,32,36);1-2,5,8-14,16,18H,3-4,6-7,25H2,(H,26,28);4,9-11,13-14H,5-8H2,1-3H3,(H,22,24);8-9,13H,4-7H2,1-3H3,(H,12,14);1-4H,(H,11,12);1H. The van der Waals surface area contributed by atoms with Gasteiger partial charge in [-0.15, -0.1) is 47.7 Å². The van der Waals surface area contributed by atoms with Gasteiger partial charge in [-0.2, -0.15) is 10.2 Å². The molecule has 0 bridgehead atoms. The van der Waals surface area contributed by atoms with Crippen molar-refractivity contribution in [2.75, 3.05) is 10.6 Å². The van der Waals surface area contributed by atoms with E-state index in [1.165, 1.54) is 12.1 Å². The van der Waals surface area contributed by atoms with Crippen LogP contribution in [-0.2, 0) is 14.2 Å². The number of rotatable bonds is 15. The Morgan fingerprint density at radius 3 is 1.22 bits per heavy atom. The SMILES string of the molecule is CC(C)(C)OC(=O)NC1CCC(O)CC1.CC(C)(C)OC(=O)NC1CCC(Sc2ccc3cnc(Cl)cc3n2)CC1.CC(C)(C)OC(=O)NC1CCC(Sc2ccc3cnc(Nc4ccc(-n5cccn5)cc4F)cc3n2)CC1.Cl.NC1CCC(Sc2ccc3cnc(Nc4ccc(-n5cccn5)cc4F)cc3n2)CC1.S=c1ccc2cnc(Cl)cc2[nH]1. The number of thioether (sulfide) groups is 3. The Morgan fingerprint density at radius 2 is 0.837 bits per heavy atom. The molecule has 0 saturated heterocycles. The first kappa shape index (κ1) is 94.1. The highest BCUT2D eigenvalue weighted by Gasteiger charge is 2.30. The van der Waals surface area contributed by atoms with Crippen molar-refractivity contribution < 1.29 is 42.5 Å². The molecule has 4 aliphatic rings. The van der Waals surface area contributed by atoms with Crippen LogP contribution < -0.4 is 32.3 Å². The number of hydrogen-bond donors (Lipinski definition) is 8. The fourth-order valence-corrected chi connectivity index (χ4v) is 17.9. The normalized spacial score (nSPS) is 19.0. The molecule has 4 aliphatic carbocycles. The molecular weight excluding hydrogens is 1710 g/mol. The zero-order valence-electron chi connectivity index (χ0n) is 70.0. The number of nitrogens with two attached hydrogens (primary N) is 1. The summed E-state index contributed by atoms with van der Waals surface area (Å²) in [6, 6.07) is 37.4. The first-order chi connectivity index (χ1) is 58.3. The number of amides is 3. The van der Waals surface area contributed by atoms with E-state index in [-0.39, 0.29) is 60.7 Å². The van der Waals surface area contributed by atoms with Crippen molar-refractivity contribution in [3.8, 4) is 11.4 Å². The van der Waals surface area contributed by atoms with Gasteiger partial charge in [-0.05, 0) is 256 Å². The number of halogens is 5. The fraction of sp³-hybridized carbons (Fsp3) is 0.404. The molecule has 3 amide bonds.